The predicted molar refractivity (Wildman–Crippen MR) is 82.6 cm³/mol. The summed E-state index contributed by atoms with van der Waals surface area (Å²) in [5.41, 5.74) is 1.27. The number of aromatic nitrogens is 2. The number of hydrogen-bond donors (Lipinski definition) is 3. The zero-order valence-corrected chi connectivity index (χ0v) is 12.3. The maximum Gasteiger partial charge on any atom is 0.272 e. The van der Waals surface area contributed by atoms with E-state index in [9.17, 15) is 9.90 Å². The van der Waals surface area contributed by atoms with E-state index in [1.54, 1.807) is 24.3 Å². The van der Waals surface area contributed by atoms with Gasteiger partial charge in [0.1, 0.15) is 11.4 Å². The average molecular weight is 300 g/mol. The minimum atomic E-state index is -0.203. The number of hydrogen-bond acceptors (Lipinski definition) is 4. The maximum absolute atomic E-state index is 12.1. The summed E-state index contributed by atoms with van der Waals surface area (Å²) in [5, 5.41) is 19.9. The first kappa shape index (κ1) is 14.6. The Morgan fingerprint density at radius 1 is 1.45 bits per heavy atom. The molecule has 2 heterocycles. The van der Waals surface area contributed by atoms with Gasteiger partial charge < -0.3 is 15.7 Å². The molecule has 1 fully saturated rings. The van der Waals surface area contributed by atoms with Gasteiger partial charge in [-0.3, -0.25) is 9.48 Å². The number of benzene rings is 1. The van der Waals surface area contributed by atoms with Crippen LogP contribution in [0.4, 0.5) is 0 Å². The third-order valence-corrected chi connectivity index (χ3v) is 3.85. The number of aromatic hydroxyl groups is 1. The van der Waals surface area contributed by atoms with Gasteiger partial charge in [0.05, 0.1) is 6.04 Å². The van der Waals surface area contributed by atoms with Gasteiger partial charge in [-0.05, 0) is 43.1 Å². The molecule has 1 unspecified atom stereocenters. The summed E-state index contributed by atoms with van der Waals surface area (Å²) in [6, 6.07) is 8.90. The van der Waals surface area contributed by atoms with Gasteiger partial charge >= 0.3 is 0 Å². The fraction of sp³-hybridized carbons (Fsp3) is 0.375. The number of piperidine rings is 1. The van der Waals surface area contributed by atoms with Crippen molar-refractivity contribution in [3.8, 4) is 5.75 Å². The predicted octanol–water partition coefficient (Wildman–Crippen LogP) is 1.44. The highest BCUT2D eigenvalue weighted by atomic mass is 16.3. The number of nitrogens with zero attached hydrogens (tertiary/aromatic N) is 2. The van der Waals surface area contributed by atoms with Crippen LogP contribution >= 0.6 is 0 Å². The lowest BCUT2D eigenvalue weighted by Gasteiger charge is -2.22. The van der Waals surface area contributed by atoms with E-state index in [2.05, 4.69) is 15.7 Å². The molecule has 6 nitrogen and oxygen atoms in total. The number of carbonyl (C=O) groups excluding carboxylic acids is 1. The fourth-order valence-electron chi connectivity index (χ4n) is 2.66. The molecule has 1 aromatic heterocycles. The summed E-state index contributed by atoms with van der Waals surface area (Å²) >= 11 is 0. The van der Waals surface area contributed by atoms with E-state index in [0.717, 1.165) is 31.5 Å². The molecule has 1 amide bonds. The number of amides is 1. The molecule has 1 aromatic carbocycles. The molecule has 0 radical (unpaired) electrons. The summed E-state index contributed by atoms with van der Waals surface area (Å²) in [6.45, 7) is 2.31. The maximum atomic E-state index is 12.1. The van der Waals surface area contributed by atoms with Crippen molar-refractivity contribution in [2.45, 2.75) is 25.4 Å². The van der Waals surface area contributed by atoms with Gasteiger partial charge in [-0.2, -0.15) is 5.10 Å². The molecule has 116 valence electrons. The Hall–Kier alpha value is -2.34. The molecule has 1 aliphatic heterocycles. The second-order valence-electron chi connectivity index (χ2n) is 5.53. The SMILES string of the molecule is O=C(NCc1cccc(O)c1)c1ccn(C2CCCNC2)n1. The van der Waals surface area contributed by atoms with Crippen molar-refractivity contribution in [1.29, 1.82) is 0 Å². The van der Waals surface area contributed by atoms with Gasteiger partial charge in [-0.25, -0.2) is 0 Å². The molecular formula is C16H20N4O2. The number of phenolic OH excluding ortho intramolecular Hbond substituents is 1. The van der Waals surface area contributed by atoms with Crippen LogP contribution in [0.25, 0.3) is 0 Å². The van der Waals surface area contributed by atoms with Crippen molar-refractivity contribution in [2.75, 3.05) is 13.1 Å². The summed E-state index contributed by atoms with van der Waals surface area (Å²) in [7, 11) is 0. The van der Waals surface area contributed by atoms with Crippen LogP contribution in [0.2, 0.25) is 0 Å². The molecule has 0 bridgehead atoms. The lowest BCUT2D eigenvalue weighted by atomic mass is 10.1. The van der Waals surface area contributed by atoms with Crippen molar-refractivity contribution >= 4 is 5.91 Å². The molecule has 1 saturated heterocycles. The van der Waals surface area contributed by atoms with E-state index in [1.807, 2.05) is 16.9 Å². The molecule has 1 aliphatic rings. The molecule has 0 aliphatic carbocycles. The zero-order chi connectivity index (χ0) is 15.4. The zero-order valence-electron chi connectivity index (χ0n) is 12.3. The molecule has 2 aromatic rings. The van der Waals surface area contributed by atoms with Crippen LogP contribution in [0.15, 0.2) is 36.5 Å². The van der Waals surface area contributed by atoms with E-state index in [4.69, 9.17) is 0 Å². The third kappa shape index (κ3) is 3.46. The van der Waals surface area contributed by atoms with Crippen LogP contribution in [0, 0.1) is 0 Å². The van der Waals surface area contributed by atoms with Gasteiger partial charge in [-0.15, -0.1) is 0 Å². The van der Waals surface area contributed by atoms with Crippen molar-refractivity contribution in [2.24, 2.45) is 0 Å². The highest BCUT2D eigenvalue weighted by Crippen LogP contribution is 2.16. The number of rotatable bonds is 4. The quantitative estimate of drug-likeness (QED) is 0.798. The Labute approximate surface area is 129 Å². The molecule has 0 saturated carbocycles. The standard InChI is InChI=1S/C16H20N4O2/c21-14-5-1-3-12(9-14)10-18-16(22)15-6-8-20(19-15)13-4-2-7-17-11-13/h1,3,5-6,8-9,13,17,21H,2,4,7,10-11H2,(H,18,22). The first-order chi connectivity index (χ1) is 10.7. The lowest BCUT2D eigenvalue weighted by Crippen LogP contribution is -2.32. The molecule has 3 N–H and O–H groups in total. The Balaban J connectivity index is 1.59. The summed E-state index contributed by atoms with van der Waals surface area (Å²) in [4.78, 5) is 12.1. The van der Waals surface area contributed by atoms with Crippen LogP contribution in [-0.4, -0.2) is 33.9 Å². The number of carbonyl (C=O) groups is 1. The third-order valence-electron chi connectivity index (χ3n) is 3.85. The minimum Gasteiger partial charge on any atom is -0.508 e. The number of nitrogens with one attached hydrogen (secondary N) is 2. The van der Waals surface area contributed by atoms with E-state index in [0.29, 0.717) is 18.3 Å². The Kier molecular flexibility index (Phi) is 4.39. The lowest BCUT2D eigenvalue weighted by molar-refractivity contribution is 0.0944. The van der Waals surface area contributed by atoms with Crippen molar-refractivity contribution < 1.29 is 9.90 Å². The fourth-order valence-corrected chi connectivity index (χ4v) is 2.66. The first-order valence-corrected chi connectivity index (χ1v) is 7.54. The summed E-state index contributed by atoms with van der Waals surface area (Å²) in [5.74, 6) is -0.00770. The van der Waals surface area contributed by atoms with Crippen LogP contribution in [0.1, 0.15) is 34.9 Å². The van der Waals surface area contributed by atoms with E-state index >= 15 is 0 Å². The largest absolute Gasteiger partial charge is 0.508 e. The monoisotopic (exact) mass is 300 g/mol. The summed E-state index contributed by atoms with van der Waals surface area (Å²) < 4.78 is 1.87. The topological polar surface area (TPSA) is 79.2 Å². The Morgan fingerprint density at radius 3 is 3.14 bits per heavy atom. The Bertz CT molecular complexity index is 647. The second-order valence-corrected chi connectivity index (χ2v) is 5.53. The van der Waals surface area contributed by atoms with Gasteiger partial charge in [0.15, 0.2) is 0 Å². The number of phenols is 1. The van der Waals surface area contributed by atoms with Crippen molar-refractivity contribution in [3.63, 3.8) is 0 Å². The minimum absolute atomic E-state index is 0.195. The van der Waals surface area contributed by atoms with E-state index in [1.165, 1.54) is 0 Å². The molecule has 0 spiro atoms. The molecule has 1 atom stereocenters. The first-order valence-electron chi connectivity index (χ1n) is 7.54. The molecule has 3 rings (SSSR count). The van der Waals surface area contributed by atoms with Crippen LogP contribution in [-0.2, 0) is 6.54 Å². The van der Waals surface area contributed by atoms with Gasteiger partial charge in [0.2, 0.25) is 0 Å². The van der Waals surface area contributed by atoms with Crippen LogP contribution in [0.5, 0.6) is 5.75 Å². The normalized spacial score (nSPS) is 18.1. The van der Waals surface area contributed by atoms with Gasteiger partial charge in [0.25, 0.3) is 5.91 Å². The van der Waals surface area contributed by atoms with E-state index in [-0.39, 0.29) is 11.7 Å². The van der Waals surface area contributed by atoms with Crippen LogP contribution < -0.4 is 10.6 Å². The highest BCUT2D eigenvalue weighted by molar-refractivity contribution is 5.92. The highest BCUT2D eigenvalue weighted by Gasteiger charge is 2.17. The second kappa shape index (κ2) is 6.62. The van der Waals surface area contributed by atoms with Gasteiger partial charge in [0, 0.05) is 19.3 Å². The summed E-state index contributed by atoms with van der Waals surface area (Å²) in [6.07, 6.45) is 4.07. The molecule has 22 heavy (non-hydrogen) atoms. The molecule has 6 heteroatoms. The van der Waals surface area contributed by atoms with Crippen molar-refractivity contribution in [1.82, 2.24) is 20.4 Å². The Morgan fingerprint density at radius 2 is 2.36 bits per heavy atom. The van der Waals surface area contributed by atoms with E-state index < -0.39 is 0 Å². The average Bonchev–Trinajstić information content (AvgIpc) is 3.04. The smallest absolute Gasteiger partial charge is 0.272 e. The van der Waals surface area contributed by atoms with Crippen LogP contribution in [0.3, 0.4) is 0 Å². The molecular weight excluding hydrogens is 280 g/mol. The van der Waals surface area contributed by atoms with Crippen molar-refractivity contribution in [3.05, 3.63) is 47.8 Å². The van der Waals surface area contributed by atoms with Gasteiger partial charge in [-0.1, -0.05) is 12.1 Å².